The Bertz CT molecular complexity index is 791. The number of nitrogens with zero attached hydrogens (tertiary/aromatic N) is 5. The largest absolute Gasteiger partial charge is 0.215 e. The molecule has 1 aromatic carbocycles. The number of nitriles is 1. The first kappa shape index (κ1) is 13.7. The Hall–Kier alpha value is -2.24. The Kier molecular flexibility index (Phi) is 3.94. The van der Waals surface area contributed by atoms with E-state index >= 15 is 0 Å². The first-order valence-electron chi connectivity index (χ1n) is 5.93. The highest BCUT2D eigenvalue weighted by Crippen LogP contribution is 2.30. The maximum atomic E-state index is 13.6. The number of rotatable bonds is 4. The van der Waals surface area contributed by atoms with Crippen LogP contribution in [-0.4, -0.2) is 20.2 Å². The van der Waals surface area contributed by atoms with E-state index in [2.05, 4.69) is 15.5 Å². The van der Waals surface area contributed by atoms with Gasteiger partial charge in [-0.15, -0.1) is 16.4 Å². The van der Waals surface area contributed by atoms with Gasteiger partial charge < -0.3 is 0 Å². The van der Waals surface area contributed by atoms with E-state index < -0.39 is 5.82 Å². The Morgan fingerprint density at radius 1 is 1.33 bits per heavy atom. The van der Waals surface area contributed by atoms with Gasteiger partial charge in [0.15, 0.2) is 0 Å². The molecule has 0 radical (unpaired) electrons. The predicted octanol–water partition coefficient (Wildman–Crippen LogP) is 2.94. The SMILES string of the molecule is N#Cc1c(F)cccc1Sc1nnnn1Cc1cccs1. The second-order valence-electron chi connectivity index (χ2n) is 4.03. The molecule has 0 saturated carbocycles. The molecule has 8 heteroatoms. The Morgan fingerprint density at radius 2 is 2.24 bits per heavy atom. The molecule has 0 aliphatic heterocycles. The van der Waals surface area contributed by atoms with Crippen LogP contribution in [0, 0.1) is 17.1 Å². The van der Waals surface area contributed by atoms with Crippen LogP contribution in [0.5, 0.6) is 0 Å². The van der Waals surface area contributed by atoms with E-state index in [-0.39, 0.29) is 5.56 Å². The summed E-state index contributed by atoms with van der Waals surface area (Å²) in [6.45, 7) is 0.546. The van der Waals surface area contributed by atoms with Gasteiger partial charge in [0.25, 0.3) is 0 Å². The monoisotopic (exact) mass is 317 g/mol. The van der Waals surface area contributed by atoms with Crippen molar-refractivity contribution in [3.63, 3.8) is 0 Å². The van der Waals surface area contributed by atoms with Gasteiger partial charge in [0, 0.05) is 9.77 Å². The molecule has 0 aliphatic rings. The molecule has 104 valence electrons. The first-order chi connectivity index (χ1) is 10.3. The molecule has 0 atom stereocenters. The van der Waals surface area contributed by atoms with Gasteiger partial charge in [-0.2, -0.15) is 5.26 Å². The van der Waals surface area contributed by atoms with Gasteiger partial charge in [-0.05, 0) is 45.8 Å². The molecule has 5 nitrogen and oxygen atoms in total. The summed E-state index contributed by atoms with van der Waals surface area (Å²) in [4.78, 5) is 1.61. The number of hydrogen-bond acceptors (Lipinski definition) is 6. The number of benzene rings is 1. The number of aromatic nitrogens is 4. The van der Waals surface area contributed by atoms with Crippen LogP contribution in [-0.2, 0) is 6.54 Å². The smallest absolute Gasteiger partial charge is 0.214 e. The number of halogens is 1. The quantitative estimate of drug-likeness (QED) is 0.740. The minimum Gasteiger partial charge on any atom is -0.215 e. The Balaban J connectivity index is 1.88. The number of thiophene rings is 1. The van der Waals surface area contributed by atoms with E-state index in [9.17, 15) is 4.39 Å². The van der Waals surface area contributed by atoms with Crippen LogP contribution >= 0.6 is 23.1 Å². The predicted molar refractivity (Wildman–Crippen MR) is 76.5 cm³/mol. The van der Waals surface area contributed by atoms with Crippen molar-refractivity contribution in [3.8, 4) is 6.07 Å². The Morgan fingerprint density at radius 3 is 3.00 bits per heavy atom. The van der Waals surface area contributed by atoms with Gasteiger partial charge in [-0.25, -0.2) is 9.07 Å². The zero-order valence-electron chi connectivity index (χ0n) is 10.6. The van der Waals surface area contributed by atoms with Crippen molar-refractivity contribution in [2.75, 3.05) is 0 Å². The highest BCUT2D eigenvalue weighted by atomic mass is 32.2. The highest BCUT2D eigenvalue weighted by Gasteiger charge is 2.14. The van der Waals surface area contributed by atoms with Crippen LogP contribution in [0.2, 0.25) is 0 Å². The highest BCUT2D eigenvalue weighted by molar-refractivity contribution is 7.99. The summed E-state index contributed by atoms with van der Waals surface area (Å²) in [7, 11) is 0. The van der Waals surface area contributed by atoms with Crippen LogP contribution in [0.25, 0.3) is 0 Å². The van der Waals surface area contributed by atoms with E-state index in [4.69, 9.17) is 5.26 Å². The van der Waals surface area contributed by atoms with Gasteiger partial charge >= 0.3 is 0 Å². The maximum Gasteiger partial charge on any atom is 0.214 e. The molecule has 0 unspecified atom stereocenters. The Labute approximate surface area is 128 Å². The van der Waals surface area contributed by atoms with Crippen LogP contribution < -0.4 is 0 Å². The molecule has 21 heavy (non-hydrogen) atoms. The second-order valence-corrected chi connectivity index (χ2v) is 6.07. The normalized spacial score (nSPS) is 10.5. The van der Waals surface area contributed by atoms with Gasteiger partial charge in [-0.3, -0.25) is 0 Å². The summed E-state index contributed by atoms with van der Waals surface area (Å²) < 4.78 is 15.2. The topological polar surface area (TPSA) is 67.4 Å². The van der Waals surface area contributed by atoms with Crippen LogP contribution in [0.1, 0.15) is 10.4 Å². The summed E-state index contributed by atoms with van der Waals surface area (Å²) in [5, 5.41) is 23.1. The molecule has 0 bridgehead atoms. The third kappa shape index (κ3) is 2.94. The zero-order chi connectivity index (χ0) is 14.7. The lowest BCUT2D eigenvalue weighted by Gasteiger charge is -2.04. The molecule has 0 N–H and O–H groups in total. The lowest BCUT2D eigenvalue weighted by Crippen LogP contribution is -2.02. The fourth-order valence-corrected chi connectivity index (χ4v) is 3.27. The average molecular weight is 317 g/mol. The van der Waals surface area contributed by atoms with Crippen molar-refractivity contribution in [3.05, 3.63) is 52.0 Å². The molecule has 0 amide bonds. The third-order valence-corrected chi connectivity index (χ3v) is 4.57. The van der Waals surface area contributed by atoms with Gasteiger partial charge in [0.2, 0.25) is 5.16 Å². The van der Waals surface area contributed by atoms with Crippen molar-refractivity contribution in [1.82, 2.24) is 20.2 Å². The third-order valence-electron chi connectivity index (χ3n) is 2.67. The molecule has 0 fully saturated rings. The molecule has 3 aromatic rings. The molecule has 0 saturated heterocycles. The van der Waals surface area contributed by atoms with E-state index in [1.807, 2.05) is 23.6 Å². The van der Waals surface area contributed by atoms with Crippen LogP contribution in [0.15, 0.2) is 45.8 Å². The first-order valence-corrected chi connectivity index (χ1v) is 7.62. The number of hydrogen-bond donors (Lipinski definition) is 0. The van der Waals surface area contributed by atoms with E-state index in [0.29, 0.717) is 16.6 Å². The standard InChI is InChI=1S/C13H8FN5S2/c14-11-4-1-5-12(10(11)7-15)21-13-16-17-18-19(13)8-9-3-2-6-20-9/h1-6H,8H2. The van der Waals surface area contributed by atoms with Crippen molar-refractivity contribution >= 4 is 23.1 Å². The summed E-state index contributed by atoms with van der Waals surface area (Å²) in [6.07, 6.45) is 0. The van der Waals surface area contributed by atoms with Gasteiger partial charge in [0.05, 0.1) is 6.54 Å². The molecule has 0 spiro atoms. The summed E-state index contributed by atoms with van der Waals surface area (Å²) in [6, 6.07) is 10.3. The molecular formula is C13H8FN5S2. The molecular weight excluding hydrogens is 309 g/mol. The van der Waals surface area contributed by atoms with E-state index in [1.54, 1.807) is 28.2 Å². The van der Waals surface area contributed by atoms with Gasteiger partial charge in [-0.1, -0.05) is 12.1 Å². The number of tetrazole rings is 1. The lowest BCUT2D eigenvalue weighted by molar-refractivity contribution is 0.607. The molecule has 3 rings (SSSR count). The van der Waals surface area contributed by atoms with Gasteiger partial charge in [0.1, 0.15) is 17.4 Å². The van der Waals surface area contributed by atoms with Crippen molar-refractivity contribution in [1.29, 1.82) is 5.26 Å². The van der Waals surface area contributed by atoms with E-state index in [0.717, 1.165) is 4.88 Å². The minimum atomic E-state index is -0.542. The maximum absolute atomic E-state index is 13.6. The molecule has 0 aliphatic carbocycles. The van der Waals surface area contributed by atoms with Crippen molar-refractivity contribution in [2.24, 2.45) is 0 Å². The summed E-state index contributed by atoms with van der Waals surface area (Å²) in [5.41, 5.74) is 0.00757. The van der Waals surface area contributed by atoms with Crippen LogP contribution in [0.4, 0.5) is 4.39 Å². The fraction of sp³-hybridized carbons (Fsp3) is 0.0769. The molecule has 2 aromatic heterocycles. The second kappa shape index (κ2) is 6.03. The van der Waals surface area contributed by atoms with Crippen molar-refractivity contribution in [2.45, 2.75) is 16.6 Å². The molecule has 2 heterocycles. The minimum absolute atomic E-state index is 0.00757. The zero-order valence-corrected chi connectivity index (χ0v) is 12.2. The summed E-state index contributed by atoms with van der Waals surface area (Å²) in [5.74, 6) is -0.542. The fourth-order valence-electron chi connectivity index (χ4n) is 1.72. The average Bonchev–Trinajstić information content (AvgIpc) is 3.12. The van der Waals surface area contributed by atoms with Crippen LogP contribution in [0.3, 0.4) is 0 Å². The van der Waals surface area contributed by atoms with E-state index in [1.165, 1.54) is 17.8 Å². The lowest BCUT2D eigenvalue weighted by atomic mass is 10.2. The van der Waals surface area contributed by atoms with Crippen molar-refractivity contribution < 1.29 is 4.39 Å². The summed E-state index contributed by atoms with van der Waals surface area (Å²) >= 11 is 2.79.